The first kappa shape index (κ1) is 44.9. The first-order valence-corrected chi connectivity index (χ1v) is 22.7. The van der Waals surface area contributed by atoms with Crippen LogP contribution in [-0.2, 0) is 41.8 Å². The predicted molar refractivity (Wildman–Crippen MR) is 240 cm³/mol. The van der Waals surface area contributed by atoms with Crippen LogP contribution in [0.1, 0.15) is 47.9 Å². The van der Waals surface area contributed by atoms with Gasteiger partial charge in [-0.25, -0.2) is 0 Å². The molecule has 4 aliphatic heterocycles. The van der Waals surface area contributed by atoms with E-state index in [9.17, 15) is 29.4 Å². The molecule has 2 amide bonds. The van der Waals surface area contributed by atoms with Gasteiger partial charge in [0.25, 0.3) is 0 Å². The fourth-order valence-electron chi connectivity index (χ4n) is 8.14. The Bertz CT molecular complexity index is 2390. The second kappa shape index (κ2) is 19.6. The molecule has 4 aliphatic rings. The number of carbonyl (C=O) groups is 4. The molecular formula is C46H40Cl4N2O10S. The van der Waals surface area contributed by atoms with Crippen LogP contribution in [0.4, 0.5) is 0 Å². The summed E-state index contributed by atoms with van der Waals surface area (Å²) in [6.45, 7) is 1.82. The molecule has 17 heteroatoms. The van der Waals surface area contributed by atoms with Crippen LogP contribution in [0.15, 0.2) is 70.5 Å². The molecule has 2 saturated heterocycles. The third-order valence-electron chi connectivity index (χ3n) is 11.5. The highest BCUT2D eigenvalue weighted by Crippen LogP contribution is 2.49. The highest BCUT2D eigenvalue weighted by atomic mass is 35.5. The first-order valence-electron chi connectivity index (χ1n) is 20.3. The number of rotatable bonds is 10. The van der Waals surface area contributed by atoms with Crippen molar-refractivity contribution < 1.29 is 48.9 Å². The Morgan fingerprint density at radius 2 is 1.05 bits per heavy atom. The number of benzene rings is 4. The van der Waals surface area contributed by atoms with E-state index in [2.05, 4.69) is 0 Å². The van der Waals surface area contributed by atoms with Gasteiger partial charge in [0.1, 0.15) is 0 Å². The Labute approximate surface area is 387 Å². The van der Waals surface area contributed by atoms with Crippen LogP contribution in [-0.4, -0.2) is 83.2 Å². The fourth-order valence-corrected chi connectivity index (χ4v) is 10.3. The summed E-state index contributed by atoms with van der Waals surface area (Å²) in [6.07, 6.45) is 9.34. The largest absolute Gasteiger partial charge is 0.481 e. The molecule has 0 spiro atoms. The topological polar surface area (TPSA) is 152 Å². The maximum Gasteiger partial charge on any atom is 0.308 e. The molecule has 2 atom stereocenters. The Kier molecular flexibility index (Phi) is 13.9. The molecule has 0 bridgehead atoms. The molecule has 2 unspecified atom stereocenters. The normalized spacial score (nSPS) is 18.7. The Balaban J connectivity index is 1.19. The smallest absolute Gasteiger partial charge is 0.308 e. The highest BCUT2D eigenvalue weighted by Gasteiger charge is 2.29. The lowest BCUT2D eigenvalue weighted by atomic mass is 9.96. The number of hydrogen-bond acceptors (Lipinski definition) is 9. The molecule has 4 heterocycles. The van der Waals surface area contributed by atoms with Crippen molar-refractivity contribution in [1.82, 2.24) is 9.80 Å². The summed E-state index contributed by atoms with van der Waals surface area (Å²) in [4.78, 5) is 75.6. The summed E-state index contributed by atoms with van der Waals surface area (Å²) in [6, 6.07) is 14.9. The Morgan fingerprint density at radius 3 is 1.46 bits per heavy atom. The minimum Gasteiger partial charge on any atom is -0.481 e. The third kappa shape index (κ3) is 9.85. The van der Waals surface area contributed by atoms with Crippen LogP contribution in [0.25, 0.3) is 34.4 Å². The van der Waals surface area contributed by atoms with E-state index in [-0.39, 0.29) is 45.0 Å². The SMILES string of the molecule is O=C(O)C1CCCN(C(=O)C=Cc2c(-c3ccc4c(c3)CCOO4)cc(Sc3cc(-c4ccc5c(c4)CCOO5)c(C=CC(=O)N4CCCC(C(=O)O)C4)c(Cl)c3Cl)c(Cl)c2Cl)C1. The first-order chi connectivity index (χ1) is 30.4. The van der Waals surface area contributed by atoms with Crippen LogP contribution < -0.4 is 9.78 Å². The molecule has 2 fully saturated rings. The van der Waals surface area contributed by atoms with Crippen LogP contribution in [0.2, 0.25) is 20.1 Å². The number of aliphatic carboxylic acids is 2. The molecular weight excluding hydrogens is 914 g/mol. The van der Waals surface area contributed by atoms with E-state index in [1.165, 1.54) is 33.7 Å². The van der Waals surface area contributed by atoms with Gasteiger partial charge in [-0.05, 0) is 96.5 Å². The van der Waals surface area contributed by atoms with Gasteiger partial charge in [0.2, 0.25) is 11.8 Å². The minimum atomic E-state index is -0.935. The molecule has 0 aromatic heterocycles. The number of piperidine rings is 2. The molecule has 0 saturated carbocycles. The molecule has 4 aromatic rings. The standard InChI is InChI=1S/C46H40Cl4N2O10S/c47-41-31(7-11-39(53)51-15-1-3-29(23-51)45(55)56)33(25-5-9-35-27(19-25)13-17-59-61-35)21-37(43(41)49)63-38-22-34(26-6-10-36-28(20-26)14-18-60-62-36)32(42(48)44(38)50)8-12-40(54)52-16-2-4-30(24-52)46(57)58/h5-12,19-22,29-30H,1-4,13-18,23-24H2,(H,55,56)(H,57,58). The van der Waals surface area contributed by atoms with Crippen molar-refractivity contribution in [3.8, 4) is 33.8 Å². The van der Waals surface area contributed by atoms with Crippen LogP contribution in [0, 0.1) is 11.8 Å². The second-order valence-corrected chi connectivity index (χ2v) is 18.2. The van der Waals surface area contributed by atoms with E-state index < -0.39 is 23.8 Å². The average molecular weight is 955 g/mol. The van der Waals surface area contributed by atoms with Gasteiger partial charge in [-0.15, -0.1) is 0 Å². The van der Waals surface area contributed by atoms with E-state index in [1.54, 1.807) is 24.3 Å². The molecule has 4 aromatic carbocycles. The summed E-state index contributed by atoms with van der Waals surface area (Å²) in [5.74, 6) is -2.68. The van der Waals surface area contributed by atoms with Crippen LogP contribution >= 0.6 is 58.2 Å². The zero-order chi connectivity index (χ0) is 44.4. The van der Waals surface area contributed by atoms with E-state index >= 15 is 0 Å². The Morgan fingerprint density at radius 1 is 0.619 bits per heavy atom. The quantitative estimate of drug-likeness (QED) is 0.115. The average Bonchev–Trinajstić information content (AvgIpc) is 3.30. The van der Waals surface area contributed by atoms with Crippen molar-refractivity contribution in [3.63, 3.8) is 0 Å². The van der Waals surface area contributed by atoms with Crippen molar-refractivity contribution in [1.29, 1.82) is 0 Å². The molecule has 0 aliphatic carbocycles. The van der Waals surface area contributed by atoms with Gasteiger partial charge >= 0.3 is 11.9 Å². The van der Waals surface area contributed by atoms with Crippen molar-refractivity contribution in [2.24, 2.45) is 11.8 Å². The zero-order valence-corrected chi connectivity index (χ0v) is 37.4. The van der Waals surface area contributed by atoms with E-state index in [1.807, 2.05) is 36.4 Å². The number of nitrogens with zero attached hydrogens (tertiary/aromatic N) is 2. The number of fused-ring (bicyclic) bond motifs is 2. The molecule has 12 nitrogen and oxygen atoms in total. The van der Waals surface area contributed by atoms with Gasteiger partial charge in [-0.2, -0.15) is 9.78 Å². The van der Waals surface area contributed by atoms with E-state index in [4.69, 9.17) is 66.0 Å². The van der Waals surface area contributed by atoms with Gasteiger partial charge in [-0.1, -0.05) is 70.3 Å². The maximum absolute atomic E-state index is 13.5. The summed E-state index contributed by atoms with van der Waals surface area (Å²) in [5, 5.41) is 19.9. The zero-order valence-electron chi connectivity index (χ0n) is 33.5. The van der Waals surface area contributed by atoms with Gasteiger partial charge in [0.15, 0.2) is 11.5 Å². The summed E-state index contributed by atoms with van der Waals surface area (Å²) in [7, 11) is 0. The highest BCUT2D eigenvalue weighted by molar-refractivity contribution is 7.99. The van der Waals surface area contributed by atoms with Crippen molar-refractivity contribution in [2.75, 3.05) is 39.4 Å². The molecule has 2 N–H and O–H groups in total. The van der Waals surface area contributed by atoms with Crippen molar-refractivity contribution >= 4 is 94.1 Å². The number of amides is 2. The maximum atomic E-state index is 13.5. The van der Waals surface area contributed by atoms with Gasteiger partial charge in [0.05, 0.1) is 45.1 Å². The van der Waals surface area contributed by atoms with Gasteiger partial charge in [0, 0.05) is 83.2 Å². The number of hydrogen-bond donors (Lipinski definition) is 2. The summed E-state index contributed by atoms with van der Waals surface area (Å²) in [5.41, 5.74) is 5.56. The van der Waals surface area contributed by atoms with E-state index in [0.717, 1.165) is 22.3 Å². The summed E-state index contributed by atoms with van der Waals surface area (Å²) < 4.78 is 0. The predicted octanol–water partition coefficient (Wildman–Crippen LogP) is 10.2. The minimum absolute atomic E-state index is 0.109. The second-order valence-electron chi connectivity index (χ2n) is 15.6. The lowest BCUT2D eigenvalue weighted by molar-refractivity contribution is -0.215. The molecule has 63 heavy (non-hydrogen) atoms. The molecule has 0 radical (unpaired) electrons. The van der Waals surface area contributed by atoms with Crippen LogP contribution in [0.5, 0.6) is 11.5 Å². The number of carboxylic acids is 2. The van der Waals surface area contributed by atoms with Crippen LogP contribution in [0.3, 0.4) is 0 Å². The molecule has 328 valence electrons. The number of carboxylic acid groups (broad SMARTS) is 2. The molecule has 8 rings (SSSR count). The number of halogens is 4. The lowest BCUT2D eigenvalue weighted by Crippen LogP contribution is -2.41. The lowest BCUT2D eigenvalue weighted by Gasteiger charge is -2.29. The Hall–Kier alpha value is -4.73. The van der Waals surface area contributed by atoms with Gasteiger partial charge in [-0.3, -0.25) is 19.2 Å². The van der Waals surface area contributed by atoms with Crippen molar-refractivity contribution in [3.05, 3.63) is 103 Å². The van der Waals surface area contributed by atoms with E-state index in [0.29, 0.717) is 108 Å². The summed E-state index contributed by atoms with van der Waals surface area (Å²) >= 11 is 29.7. The number of likely N-dealkylation sites (tertiary alicyclic amines) is 2. The fraction of sp³-hybridized carbons (Fsp3) is 0.304. The monoisotopic (exact) mass is 952 g/mol. The third-order valence-corrected chi connectivity index (χ3v) is 14.6. The number of carbonyl (C=O) groups excluding carboxylic acids is 2. The van der Waals surface area contributed by atoms with Crippen molar-refractivity contribution in [2.45, 2.75) is 48.3 Å². The van der Waals surface area contributed by atoms with Gasteiger partial charge < -0.3 is 29.8 Å².